The average Bonchev–Trinajstić information content (AvgIpc) is 2.84. The van der Waals surface area contributed by atoms with E-state index in [-0.39, 0.29) is 0 Å². The van der Waals surface area contributed by atoms with E-state index in [0.29, 0.717) is 0 Å². The number of rotatable bonds is 5. The molecule has 1 N–H and O–H groups in total. The summed E-state index contributed by atoms with van der Waals surface area (Å²) in [6, 6.07) is 10.0. The lowest BCUT2D eigenvalue weighted by Gasteiger charge is -2.17. The Labute approximate surface area is 123 Å². The molecule has 1 nitrogen and oxygen atoms in total. The fourth-order valence-electron chi connectivity index (χ4n) is 2.72. The Kier molecular flexibility index (Phi) is 5.15. The van der Waals surface area contributed by atoms with Crippen molar-refractivity contribution in [2.75, 3.05) is 6.26 Å². The van der Waals surface area contributed by atoms with Gasteiger partial charge in [0.15, 0.2) is 0 Å². The molecule has 2 atom stereocenters. The van der Waals surface area contributed by atoms with E-state index in [1.54, 1.807) is 5.19 Å². The van der Waals surface area contributed by atoms with Crippen molar-refractivity contribution in [1.82, 2.24) is 5.32 Å². The van der Waals surface area contributed by atoms with Gasteiger partial charge in [-0.15, -0.1) is 0 Å². The number of nitrogens with one attached hydrogen (secondary N) is 1. The third kappa shape index (κ3) is 4.37. The number of thioether (sulfide) groups is 1. The van der Waals surface area contributed by atoms with E-state index in [0.717, 1.165) is 17.8 Å². The molecule has 106 valence electrons. The van der Waals surface area contributed by atoms with Crippen molar-refractivity contribution in [3.8, 4) is 0 Å². The predicted molar refractivity (Wildman–Crippen MR) is 91.2 cm³/mol. The molecule has 0 radical (unpaired) electrons. The van der Waals surface area contributed by atoms with Gasteiger partial charge in [0.05, 0.1) is 8.07 Å². The fourth-order valence-corrected chi connectivity index (χ4v) is 4.69. The Morgan fingerprint density at radius 2 is 1.84 bits per heavy atom. The molecule has 2 unspecified atom stereocenters. The summed E-state index contributed by atoms with van der Waals surface area (Å²) in [6.45, 7) is 8.24. The molecule has 0 spiro atoms. The van der Waals surface area contributed by atoms with E-state index in [4.69, 9.17) is 0 Å². The number of hydrogen-bond acceptors (Lipinski definition) is 2. The summed E-state index contributed by atoms with van der Waals surface area (Å²) in [5.74, 6) is 0. The van der Waals surface area contributed by atoms with Gasteiger partial charge in [0, 0.05) is 17.8 Å². The number of hydrogen-bond donors (Lipinski definition) is 1. The number of benzene rings is 1. The Morgan fingerprint density at radius 1 is 1.16 bits per heavy atom. The molecular weight excluding hydrogens is 266 g/mol. The summed E-state index contributed by atoms with van der Waals surface area (Å²) in [5.41, 5.74) is 1.43. The van der Waals surface area contributed by atoms with Crippen molar-refractivity contribution >= 4 is 25.0 Å². The van der Waals surface area contributed by atoms with E-state index in [2.05, 4.69) is 55.5 Å². The second-order valence-corrected chi connectivity index (χ2v) is 12.9. The van der Waals surface area contributed by atoms with Crippen LogP contribution in [-0.2, 0) is 6.54 Å². The van der Waals surface area contributed by atoms with Gasteiger partial charge >= 0.3 is 0 Å². The lowest BCUT2D eigenvalue weighted by molar-refractivity contribution is 0.525. The first-order valence-electron chi connectivity index (χ1n) is 7.34. The van der Waals surface area contributed by atoms with Crippen LogP contribution in [0.4, 0.5) is 0 Å². The highest BCUT2D eigenvalue weighted by molar-refractivity contribution is 7.99. The highest BCUT2D eigenvalue weighted by Crippen LogP contribution is 2.28. The van der Waals surface area contributed by atoms with Gasteiger partial charge in [-0.3, -0.25) is 0 Å². The maximum atomic E-state index is 3.72. The maximum Gasteiger partial charge on any atom is 0.0775 e. The molecule has 0 bridgehead atoms. The van der Waals surface area contributed by atoms with E-state index in [1.807, 2.05) is 11.8 Å². The van der Waals surface area contributed by atoms with Gasteiger partial charge in [0.1, 0.15) is 0 Å². The van der Waals surface area contributed by atoms with Crippen LogP contribution in [-0.4, -0.2) is 25.6 Å². The van der Waals surface area contributed by atoms with Gasteiger partial charge in [-0.1, -0.05) is 49.1 Å². The molecule has 0 amide bonds. The van der Waals surface area contributed by atoms with Gasteiger partial charge in [-0.05, 0) is 31.1 Å². The topological polar surface area (TPSA) is 12.0 Å². The van der Waals surface area contributed by atoms with Crippen LogP contribution in [0.1, 0.15) is 24.8 Å². The van der Waals surface area contributed by atoms with Gasteiger partial charge in [0.25, 0.3) is 0 Å². The minimum atomic E-state index is -1.14. The van der Waals surface area contributed by atoms with Crippen LogP contribution in [0.15, 0.2) is 24.3 Å². The minimum absolute atomic E-state index is 0.731. The zero-order valence-electron chi connectivity index (χ0n) is 12.7. The van der Waals surface area contributed by atoms with Crippen LogP contribution >= 0.6 is 11.8 Å². The van der Waals surface area contributed by atoms with Crippen LogP contribution in [0.25, 0.3) is 0 Å². The third-order valence-corrected chi connectivity index (χ3v) is 7.29. The Hall–Kier alpha value is -0.253. The average molecular weight is 294 g/mol. The maximum absolute atomic E-state index is 3.72. The summed E-state index contributed by atoms with van der Waals surface area (Å²) in [7, 11) is -1.14. The fraction of sp³-hybridized carbons (Fsp3) is 0.625. The summed E-state index contributed by atoms with van der Waals surface area (Å²) in [6.07, 6.45) is 6.31. The molecule has 0 saturated heterocycles. The monoisotopic (exact) mass is 293 g/mol. The molecule has 3 heteroatoms. The summed E-state index contributed by atoms with van der Waals surface area (Å²) < 4.78 is 0. The molecule has 1 aliphatic carbocycles. The molecule has 0 heterocycles. The Bertz CT molecular complexity index is 396. The summed E-state index contributed by atoms with van der Waals surface area (Å²) in [4.78, 5) is 0. The first-order valence-corrected chi connectivity index (χ1v) is 12.1. The van der Waals surface area contributed by atoms with Crippen molar-refractivity contribution in [3.05, 3.63) is 29.8 Å². The Morgan fingerprint density at radius 3 is 2.37 bits per heavy atom. The zero-order valence-corrected chi connectivity index (χ0v) is 14.5. The SMILES string of the molecule is CSC1CCC(NCc2ccc([Si](C)(C)C)cc2)C1. The standard InChI is InChI=1S/C16H27NSSi/c1-18-15-8-7-14(11-15)17-12-13-5-9-16(10-6-13)19(2,3)4/h5-6,9-10,14-15,17H,7-8,11-12H2,1-4H3. The second-order valence-electron chi connectivity index (χ2n) is 6.70. The van der Waals surface area contributed by atoms with Crippen molar-refractivity contribution in [3.63, 3.8) is 0 Å². The van der Waals surface area contributed by atoms with Gasteiger partial charge in [-0.2, -0.15) is 11.8 Å². The van der Waals surface area contributed by atoms with E-state index in [9.17, 15) is 0 Å². The van der Waals surface area contributed by atoms with E-state index < -0.39 is 8.07 Å². The van der Waals surface area contributed by atoms with Crippen LogP contribution in [0.2, 0.25) is 19.6 Å². The van der Waals surface area contributed by atoms with Gasteiger partial charge < -0.3 is 5.32 Å². The molecule has 0 aromatic heterocycles. The zero-order chi connectivity index (χ0) is 13.9. The molecule has 1 aromatic rings. The van der Waals surface area contributed by atoms with Crippen LogP contribution in [0.3, 0.4) is 0 Å². The minimum Gasteiger partial charge on any atom is -0.310 e. The second kappa shape index (κ2) is 6.46. The predicted octanol–water partition coefficient (Wildman–Crippen LogP) is 3.61. The van der Waals surface area contributed by atoms with Crippen molar-refractivity contribution in [2.45, 2.75) is 56.7 Å². The lowest BCUT2D eigenvalue weighted by Crippen LogP contribution is -2.37. The van der Waals surface area contributed by atoms with Gasteiger partial charge in [0.2, 0.25) is 0 Å². The lowest BCUT2D eigenvalue weighted by atomic mass is 10.2. The third-order valence-electron chi connectivity index (χ3n) is 4.13. The molecule has 1 fully saturated rings. The normalized spacial score (nSPS) is 23.8. The highest BCUT2D eigenvalue weighted by Gasteiger charge is 2.23. The first kappa shape index (κ1) is 15.1. The quantitative estimate of drug-likeness (QED) is 0.833. The van der Waals surface area contributed by atoms with Crippen molar-refractivity contribution < 1.29 is 0 Å². The van der Waals surface area contributed by atoms with Crippen molar-refractivity contribution in [1.29, 1.82) is 0 Å². The van der Waals surface area contributed by atoms with Crippen LogP contribution in [0, 0.1) is 0 Å². The molecule has 0 aliphatic heterocycles. The summed E-state index contributed by atoms with van der Waals surface area (Å²) in [5, 5.41) is 6.15. The molecule has 19 heavy (non-hydrogen) atoms. The molecular formula is C16H27NSSi. The van der Waals surface area contributed by atoms with E-state index >= 15 is 0 Å². The first-order chi connectivity index (χ1) is 8.99. The summed E-state index contributed by atoms with van der Waals surface area (Å²) >= 11 is 2.03. The molecule has 2 rings (SSSR count). The van der Waals surface area contributed by atoms with Crippen LogP contribution in [0.5, 0.6) is 0 Å². The van der Waals surface area contributed by atoms with Crippen LogP contribution < -0.4 is 10.5 Å². The molecule has 1 aromatic carbocycles. The van der Waals surface area contributed by atoms with Gasteiger partial charge in [-0.25, -0.2) is 0 Å². The largest absolute Gasteiger partial charge is 0.310 e. The van der Waals surface area contributed by atoms with E-state index in [1.165, 1.54) is 24.8 Å². The Balaban J connectivity index is 1.84. The van der Waals surface area contributed by atoms with Crippen molar-refractivity contribution in [2.24, 2.45) is 0 Å². The molecule has 1 aliphatic rings. The molecule has 1 saturated carbocycles. The smallest absolute Gasteiger partial charge is 0.0775 e. The highest BCUT2D eigenvalue weighted by atomic mass is 32.2.